The Bertz CT molecular complexity index is 1350. The summed E-state index contributed by atoms with van der Waals surface area (Å²) in [7, 11) is 1.35. The molecule has 194 valence electrons. The molecule has 0 aliphatic heterocycles. The summed E-state index contributed by atoms with van der Waals surface area (Å²) in [5.74, 6) is -1.09. The number of nitrogens with one attached hydrogen (secondary N) is 2. The number of ether oxygens (including phenoxy) is 2. The monoisotopic (exact) mass is 573 g/mol. The highest BCUT2D eigenvalue weighted by Gasteiger charge is 2.30. The fourth-order valence-corrected chi connectivity index (χ4v) is 3.50. The zero-order valence-corrected chi connectivity index (χ0v) is 21.1. The number of hydrogen-bond donors (Lipinski definition) is 2. The van der Waals surface area contributed by atoms with Crippen molar-refractivity contribution < 1.29 is 32.2 Å². The van der Waals surface area contributed by atoms with Crippen LogP contribution in [0, 0.1) is 0 Å². The van der Waals surface area contributed by atoms with Gasteiger partial charge in [0.2, 0.25) is 0 Å². The molecule has 0 aliphatic rings. The van der Waals surface area contributed by atoms with E-state index in [0.717, 1.165) is 12.1 Å². The second-order valence-corrected chi connectivity index (χ2v) is 8.50. The highest BCUT2D eigenvalue weighted by molar-refractivity contribution is 6.42. The molecule has 0 saturated heterocycles. The molecule has 0 aliphatic carbocycles. The molecule has 2 amide bonds. The van der Waals surface area contributed by atoms with Gasteiger partial charge in [0, 0.05) is 11.3 Å². The van der Waals surface area contributed by atoms with E-state index >= 15 is 0 Å². The minimum atomic E-state index is -4.58. The third-order valence-corrected chi connectivity index (χ3v) is 5.65. The second-order valence-electron chi connectivity index (χ2n) is 7.28. The molecule has 3 rings (SSSR count). The van der Waals surface area contributed by atoms with E-state index in [9.17, 15) is 22.8 Å². The van der Waals surface area contributed by atoms with Crippen LogP contribution in [0.1, 0.15) is 21.5 Å². The Balaban J connectivity index is 1.64. The molecule has 2 N–H and O–H groups in total. The lowest BCUT2D eigenvalue weighted by atomic mass is 10.1. The average molecular weight is 575 g/mol. The summed E-state index contributed by atoms with van der Waals surface area (Å²) in [6.45, 7) is -0.406. The van der Waals surface area contributed by atoms with Crippen LogP contribution in [0.25, 0.3) is 0 Å². The minimum Gasteiger partial charge on any atom is -0.493 e. The van der Waals surface area contributed by atoms with Crippen molar-refractivity contribution in [1.82, 2.24) is 5.43 Å². The van der Waals surface area contributed by atoms with Crippen molar-refractivity contribution in [3.05, 3.63) is 86.4 Å². The molecule has 7 nitrogen and oxygen atoms in total. The third-order valence-electron chi connectivity index (χ3n) is 4.63. The summed E-state index contributed by atoms with van der Waals surface area (Å²) in [4.78, 5) is 24.4. The third kappa shape index (κ3) is 7.75. The van der Waals surface area contributed by atoms with Gasteiger partial charge in [-0.25, -0.2) is 5.43 Å². The maximum Gasteiger partial charge on any atom is 0.416 e. The molecule has 0 atom stereocenters. The Morgan fingerprint density at radius 1 is 1.00 bits per heavy atom. The number of amides is 2. The number of halogens is 6. The first-order valence-corrected chi connectivity index (χ1v) is 11.4. The van der Waals surface area contributed by atoms with Crippen LogP contribution < -0.4 is 20.2 Å². The van der Waals surface area contributed by atoms with Gasteiger partial charge >= 0.3 is 6.18 Å². The van der Waals surface area contributed by atoms with Crippen molar-refractivity contribution in [2.24, 2.45) is 5.10 Å². The molecule has 13 heteroatoms. The number of alkyl halides is 3. The Kier molecular flexibility index (Phi) is 9.25. The average Bonchev–Trinajstić information content (AvgIpc) is 2.84. The van der Waals surface area contributed by atoms with E-state index in [2.05, 4.69) is 15.8 Å². The van der Waals surface area contributed by atoms with Gasteiger partial charge in [-0.1, -0.05) is 40.9 Å². The lowest BCUT2D eigenvalue weighted by Crippen LogP contribution is -2.20. The van der Waals surface area contributed by atoms with Gasteiger partial charge in [0.25, 0.3) is 11.8 Å². The Hall–Kier alpha value is -3.47. The first-order chi connectivity index (χ1) is 17.5. The number of hydrazone groups is 1. The SMILES string of the molecule is COc1cc(/C=N/NC(=O)c2cccc(C(F)(F)F)c2)cc(Cl)c1OCC(=O)Nc1ccc(Cl)c(Cl)c1. The van der Waals surface area contributed by atoms with Crippen LogP contribution in [0.2, 0.25) is 15.1 Å². The van der Waals surface area contributed by atoms with Gasteiger partial charge in [0.15, 0.2) is 18.1 Å². The summed E-state index contributed by atoms with van der Waals surface area (Å²) >= 11 is 18.1. The lowest BCUT2D eigenvalue weighted by Gasteiger charge is -2.13. The molecule has 0 bridgehead atoms. The number of anilines is 1. The van der Waals surface area contributed by atoms with Crippen LogP contribution in [0.4, 0.5) is 18.9 Å². The van der Waals surface area contributed by atoms with Crippen LogP contribution in [0.3, 0.4) is 0 Å². The maximum atomic E-state index is 12.8. The summed E-state index contributed by atoms with van der Waals surface area (Å²) in [5.41, 5.74) is 1.76. The smallest absolute Gasteiger partial charge is 0.416 e. The maximum absolute atomic E-state index is 12.8. The van der Waals surface area contributed by atoms with Gasteiger partial charge < -0.3 is 14.8 Å². The van der Waals surface area contributed by atoms with Crippen molar-refractivity contribution in [3.8, 4) is 11.5 Å². The molecule has 0 heterocycles. The number of methoxy groups -OCH3 is 1. The molecule has 0 aromatic heterocycles. The molecule has 3 aromatic rings. The topological polar surface area (TPSA) is 89.0 Å². The summed E-state index contributed by atoms with van der Waals surface area (Å²) in [5, 5.41) is 7.03. The number of nitrogens with zero attached hydrogens (tertiary/aromatic N) is 1. The van der Waals surface area contributed by atoms with Crippen molar-refractivity contribution in [3.63, 3.8) is 0 Å². The van der Waals surface area contributed by atoms with Crippen molar-refractivity contribution in [2.45, 2.75) is 6.18 Å². The van der Waals surface area contributed by atoms with Gasteiger partial charge in [0.05, 0.1) is 34.0 Å². The van der Waals surface area contributed by atoms with E-state index in [1.165, 1.54) is 43.7 Å². The highest BCUT2D eigenvalue weighted by Crippen LogP contribution is 2.36. The van der Waals surface area contributed by atoms with Gasteiger partial charge in [-0.3, -0.25) is 9.59 Å². The van der Waals surface area contributed by atoms with Crippen molar-refractivity contribution in [2.75, 3.05) is 19.0 Å². The summed E-state index contributed by atoms with van der Waals surface area (Å²) in [6.07, 6.45) is -3.37. The molecule has 0 unspecified atom stereocenters. The summed E-state index contributed by atoms with van der Waals surface area (Å²) in [6, 6.07) is 11.4. The van der Waals surface area contributed by atoms with Crippen LogP contribution in [-0.2, 0) is 11.0 Å². The largest absolute Gasteiger partial charge is 0.493 e. The molecular weight excluding hydrogens is 558 g/mol. The molecule has 0 spiro atoms. The predicted molar refractivity (Wildman–Crippen MR) is 135 cm³/mol. The molecule has 3 aromatic carbocycles. The Labute approximate surface area is 224 Å². The number of benzene rings is 3. The second kappa shape index (κ2) is 12.2. The van der Waals surface area contributed by atoms with Crippen LogP contribution in [0.15, 0.2) is 59.7 Å². The standard InChI is InChI=1S/C24H17Cl3F3N3O4/c1-36-20-8-13(11-31-33-23(35)14-3-2-4-15(9-14)24(28,29)30)7-19(27)22(20)37-12-21(34)32-16-5-6-17(25)18(26)10-16/h2-11H,12H2,1H3,(H,32,34)(H,33,35)/b31-11+. The van der Waals surface area contributed by atoms with Crippen LogP contribution in [0.5, 0.6) is 11.5 Å². The zero-order valence-electron chi connectivity index (χ0n) is 18.8. The zero-order chi connectivity index (χ0) is 27.2. The normalized spacial score (nSPS) is 11.3. The predicted octanol–water partition coefficient (Wildman–Crippen LogP) is 6.46. The number of carbonyl (C=O) groups is 2. The number of carbonyl (C=O) groups excluding carboxylic acids is 2. The Morgan fingerprint density at radius 2 is 1.76 bits per heavy atom. The van der Waals surface area contributed by atoms with Gasteiger partial charge in [-0.15, -0.1) is 0 Å². The van der Waals surface area contributed by atoms with E-state index in [1.807, 2.05) is 0 Å². The molecule has 37 heavy (non-hydrogen) atoms. The quantitative estimate of drug-likeness (QED) is 0.239. The molecule has 0 saturated carbocycles. The van der Waals surface area contributed by atoms with E-state index in [4.69, 9.17) is 44.3 Å². The van der Waals surface area contributed by atoms with Crippen molar-refractivity contribution in [1.29, 1.82) is 0 Å². The van der Waals surface area contributed by atoms with Gasteiger partial charge in [-0.05, 0) is 54.1 Å². The molecule has 0 radical (unpaired) electrons. The van der Waals surface area contributed by atoms with E-state index in [1.54, 1.807) is 6.07 Å². The fraction of sp³-hybridized carbons (Fsp3) is 0.125. The first-order valence-electron chi connectivity index (χ1n) is 10.2. The molecular formula is C24H17Cl3F3N3O4. The number of rotatable bonds is 8. The van der Waals surface area contributed by atoms with E-state index in [-0.39, 0.29) is 27.1 Å². The lowest BCUT2D eigenvalue weighted by molar-refractivity contribution is -0.137. The summed E-state index contributed by atoms with van der Waals surface area (Å²) < 4.78 is 49.3. The minimum absolute atomic E-state index is 0.0762. The Morgan fingerprint density at radius 3 is 2.43 bits per heavy atom. The van der Waals surface area contributed by atoms with Crippen LogP contribution in [-0.4, -0.2) is 31.7 Å². The number of hydrogen-bond acceptors (Lipinski definition) is 5. The van der Waals surface area contributed by atoms with E-state index in [0.29, 0.717) is 22.3 Å². The van der Waals surface area contributed by atoms with E-state index < -0.39 is 30.2 Å². The van der Waals surface area contributed by atoms with Crippen molar-refractivity contribution >= 4 is 58.5 Å². The fourth-order valence-electron chi connectivity index (χ4n) is 2.93. The van der Waals surface area contributed by atoms with Gasteiger partial charge in [0.1, 0.15) is 0 Å². The first kappa shape index (κ1) is 28.1. The highest BCUT2D eigenvalue weighted by atomic mass is 35.5. The van der Waals surface area contributed by atoms with Crippen LogP contribution >= 0.6 is 34.8 Å². The molecule has 0 fully saturated rings. The van der Waals surface area contributed by atoms with Gasteiger partial charge in [-0.2, -0.15) is 18.3 Å².